The summed E-state index contributed by atoms with van der Waals surface area (Å²) < 4.78 is 40.4. The molecule has 4 amide bonds. The number of aromatic nitrogens is 3. The average molecular weight is 1160 g/mol. The summed E-state index contributed by atoms with van der Waals surface area (Å²) in [7, 11) is 1.63. The molecular formula is C61H89F2N11O7S. The molecule has 4 aliphatic heterocycles. The smallest absolute Gasteiger partial charge is 0.251 e. The molecule has 2 aromatic heterocycles. The van der Waals surface area contributed by atoms with Crippen LogP contribution in [0.15, 0.2) is 41.9 Å². The zero-order valence-corrected chi connectivity index (χ0v) is 49.9. The number of aliphatic hydroxyl groups excluding tert-OH is 1. The van der Waals surface area contributed by atoms with Gasteiger partial charge in [-0.3, -0.25) is 19.2 Å². The maximum atomic E-state index is 14.2. The molecule has 0 saturated carbocycles. The maximum absolute atomic E-state index is 14.2. The van der Waals surface area contributed by atoms with Crippen molar-refractivity contribution in [3.05, 3.63) is 53.2 Å². The number of nitrogens with one attached hydrogen (secondary N) is 4. The van der Waals surface area contributed by atoms with Crippen LogP contribution < -0.4 is 35.6 Å². The highest BCUT2D eigenvalue weighted by atomic mass is 32.1. The number of methoxy groups -OCH3 is 1. The maximum Gasteiger partial charge on any atom is 0.251 e. The van der Waals surface area contributed by atoms with Gasteiger partial charge in [0.05, 0.1) is 41.4 Å². The molecule has 82 heavy (non-hydrogen) atoms. The van der Waals surface area contributed by atoms with Crippen molar-refractivity contribution in [1.82, 2.24) is 45.6 Å². The molecule has 4 aromatic rings. The van der Waals surface area contributed by atoms with Crippen molar-refractivity contribution >= 4 is 57.6 Å². The topological polar surface area (TPSA) is 207 Å². The summed E-state index contributed by atoms with van der Waals surface area (Å²) in [5.41, 5.74) is 4.79. The number of unbranched alkanes of at least 4 members (excludes halogenated alkanes) is 5. The molecule has 0 bridgehead atoms. The van der Waals surface area contributed by atoms with E-state index in [1.165, 1.54) is 17.7 Å². The summed E-state index contributed by atoms with van der Waals surface area (Å²) in [6.07, 6.45) is 10.8. The van der Waals surface area contributed by atoms with Crippen LogP contribution >= 0.6 is 11.3 Å². The molecule has 0 aliphatic carbocycles. The molecule has 0 unspecified atom stereocenters. The van der Waals surface area contributed by atoms with E-state index >= 15 is 0 Å². The lowest BCUT2D eigenvalue weighted by atomic mass is 9.85. The fourth-order valence-corrected chi connectivity index (χ4v) is 12.4. The van der Waals surface area contributed by atoms with Crippen molar-refractivity contribution < 1.29 is 42.5 Å². The van der Waals surface area contributed by atoms with Crippen molar-refractivity contribution in [2.24, 2.45) is 5.41 Å². The van der Waals surface area contributed by atoms with Crippen molar-refractivity contribution in [1.29, 1.82) is 0 Å². The lowest BCUT2D eigenvalue weighted by Gasteiger charge is -2.35. The van der Waals surface area contributed by atoms with E-state index in [2.05, 4.69) is 36.1 Å². The quantitative estimate of drug-likeness (QED) is 0.0339. The number of β-amino-alcohol motifs (C(OH)–C–C–N with tert-alkyl or cyclic N) is 1. The predicted molar refractivity (Wildman–Crippen MR) is 318 cm³/mol. The van der Waals surface area contributed by atoms with Crippen LogP contribution in [-0.4, -0.2) is 168 Å². The molecule has 4 fully saturated rings. The Bertz CT molecular complexity index is 2720. The van der Waals surface area contributed by atoms with Crippen LogP contribution in [0.3, 0.4) is 0 Å². The highest BCUT2D eigenvalue weighted by Gasteiger charge is 2.44. The molecule has 18 nitrogen and oxygen atoms in total. The second kappa shape index (κ2) is 29.7. The van der Waals surface area contributed by atoms with E-state index in [1.807, 2.05) is 74.5 Å². The fourth-order valence-electron chi connectivity index (χ4n) is 11.6. The minimum atomic E-state index is -2.69. The van der Waals surface area contributed by atoms with E-state index in [-0.39, 0.29) is 81.5 Å². The molecule has 4 saturated heterocycles. The first-order chi connectivity index (χ1) is 39.4. The Morgan fingerprint density at radius 1 is 0.829 bits per heavy atom. The molecule has 2 aromatic carbocycles. The number of nitrogens with zero attached hydrogens (tertiary/aromatic N) is 7. The van der Waals surface area contributed by atoms with Gasteiger partial charge in [0.25, 0.3) is 5.92 Å². The van der Waals surface area contributed by atoms with Crippen LogP contribution in [0.4, 0.5) is 20.5 Å². The number of likely N-dealkylation sites (tertiary alicyclic amines) is 3. The number of halogens is 2. The zero-order valence-electron chi connectivity index (χ0n) is 49.0. The monoisotopic (exact) mass is 1160 g/mol. The number of fused-ring (bicyclic) bond motifs is 1. The van der Waals surface area contributed by atoms with Gasteiger partial charge >= 0.3 is 0 Å². The molecule has 4 aliphatic rings. The first-order valence-corrected chi connectivity index (χ1v) is 31.0. The number of thiazole rings is 1. The largest absolute Gasteiger partial charge is 0.493 e. The Morgan fingerprint density at radius 3 is 2.21 bits per heavy atom. The number of aliphatic hydroxyl groups is 1. The number of benzene rings is 2. The number of carbonyl (C=O) groups is 4. The molecule has 21 heteroatoms. The molecule has 6 heterocycles. The van der Waals surface area contributed by atoms with E-state index in [0.717, 1.165) is 124 Å². The van der Waals surface area contributed by atoms with Gasteiger partial charge < -0.3 is 55.4 Å². The molecular weight excluding hydrogens is 1070 g/mol. The number of hydrogen-bond acceptors (Lipinski definition) is 15. The molecule has 5 N–H and O–H groups in total. The van der Waals surface area contributed by atoms with Crippen LogP contribution in [0.5, 0.6) is 11.5 Å². The van der Waals surface area contributed by atoms with Crippen LogP contribution in [0.25, 0.3) is 21.3 Å². The number of aryl methyl sites for hydroxylation is 1. The lowest BCUT2D eigenvalue weighted by Crippen LogP contribution is -2.57. The van der Waals surface area contributed by atoms with E-state index < -0.39 is 29.5 Å². The number of anilines is 2. The van der Waals surface area contributed by atoms with Gasteiger partial charge in [0.15, 0.2) is 11.5 Å². The number of alkyl halides is 2. The van der Waals surface area contributed by atoms with Crippen molar-refractivity contribution in [2.75, 3.05) is 89.4 Å². The van der Waals surface area contributed by atoms with E-state index in [9.17, 15) is 33.1 Å². The SMILES string of the molecule is COc1cc2c(NC3CCN(CCCC(=O)NCCCCCCCCC(=O)N[C@H](C(=O)N4C[C@H](O)C[C@H]4C(=O)NCc4ccc(-c5scnc5C)cc4)C(C)(C)C)CC3)nc(N3CCC(F)(F)CC3)nc2cc1OCCCN1CCCC1. The van der Waals surface area contributed by atoms with Crippen molar-refractivity contribution in [2.45, 2.75) is 174 Å². The molecule has 0 spiro atoms. The number of rotatable bonds is 28. The van der Waals surface area contributed by atoms with Crippen LogP contribution in [0.2, 0.25) is 0 Å². The lowest BCUT2D eigenvalue weighted by molar-refractivity contribution is -0.144. The van der Waals surface area contributed by atoms with Gasteiger partial charge in [-0.15, -0.1) is 11.3 Å². The average Bonchev–Trinajstić information content (AvgIpc) is 4.38. The van der Waals surface area contributed by atoms with Gasteiger partial charge in [-0.2, -0.15) is 4.98 Å². The highest BCUT2D eigenvalue weighted by molar-refractivity contribution is 7.13. The van der Waals surface area contributed by atoms with Crippen molar-refractivity contribution in [3.63, 3.8) is 0 Å². The van der Waals surface area contributed by atoms with Gasteiger partial charge in [-0.05, 0) is 101 Å². The minimum Gasteiger partial charge on any atom is -0.493 e. The Morgan fingerprint density at radius 2 is 1.51 bits per heavy atom. The van der Waals surface area contributed by atoms with E-state index in [1.54, 1.807) is 18.4 Å². The number of amides is 4. The molecule has 8 rings (SSSR count). The Hall–Kier alpha value is -5.77. The summed E-state index contributed by atoms with van der Waals surface area (Å²) in [5.74, 6) is -1.27. The summed E-state index contributed by atoms with van der Waals surface area (Å²) in [4.78, 5) is 77.0. The van der Waals surface area contributed by atoms with Crippen molar-refractivity contribution in [3.8, 4) is 21.9 Å². The third-order valence-corrected chi connectivity index (χ3v) is 17.5. The van der Waals surface area contributed by atoms with Gasteiger partial charge in [-0.25, -0.2) is 18.7 Å². The fraction of sp³-hybridized carbons (Fsp3) is 0.656. The number of ether oxygens (including phenoxy) is 2. The number of piperidine rings is 2. The standard InChI is InChI=1S/C61H89F2N11O7S/c1-42-54(82-41-66-42)44-20-18-43(19-21-44)39-65-57(78)49-36-46(75)40-74(49)58(79)55(60(2,3)4)69-53(77)16-10-8-6-7-9-11-26-64-52(76)17-14-29-72-31-22-45(23-32-72)67-56-47-37-50(80-5)51(81-35-15-30-71-27-12-13-28-71)38-48(47)68-59(70-56)73-33-24-61(62,63)25-34-73/h18-21,37-38,41,45-46,49,55,75H,6-17,22-36,39-40H2,1-5H3,(H,64,76)(H,65,78)(H,69,77)(H,67,68,70)/t46-,49+,55-/m1/s1. The number of hydrogen-bond donors (Lipinski definition) is 5. The Balaban J connectivity index is 0.691. The third-order valence-electron chi connectivity index (χ3n) is 16.5. The normalized spacial score (nSPS) is 19.3. The predicted octanol–water partition coefficient (Wildman–Crippen LogP) is 8.48. The minimum absolute atomic E-state index is 0.0194. The zero-order chi connectivity index (χ0) is 58.2. The van der Waals surface area contributed by atoms with Crippen LogP contribution in [0.1, 0.15) is 141 Å². The van der Waals surface area contributed by atoms with E-state index in [0.29, 0.717) is 54.8 Å². The summed E-state index contributed by atoms with van der Waals surface area (Å²) in [6.45, 7) is 15.3. The van der Waals surface area contributed by atoms with Gasteiger partial charge in [0, 0.05) is 102 Å². The first kappa shape index (κ1) is 62.3. The molecule has 3 atom stereocenters. The second-order valence-electron chi connectivity index (χ2n) is 24.0. The third kappa shape index (κ3) is 17.9. The number of carbonyl (C=O) groups excluding carboxylic acids is 4. The Labute approximate surface area is 487 Å². The summed E-state index contributed by atoms with van der Waals surface area (Å²) >= 11 is 1.58. The second-order valence-corrected chi connectivity index (χ2v) is 24.9. The van der Waals surface area contributed by atoms with E-state index in [4.69, 9.17) is 19.4 Å². The molecule has 450 valence electrons. The van der Waals surface area contributed by atoms with Crippen LogP contribution in [-0.2, 0) is 25.7 Å². The van der Waals surface area contributed by atoms with Gasteiger partial charge in [0.2, 0.25) is 29.6 Å². The highest BCUT2D eigenvalue weighted by Crippen LogP contribution is 2.38. The first-order valence-electron chi connectivity index (χ1n) is 30.1. The Kier molecular flexibility index (Phi) is 22.5. The van der Waals surface area contributed by atoms with Gasteiger partial charge in [0.1, 0.15) is 17.9 Å². The summed E-state index contributed by atoms with van der Waals surface area (Å²) in [6, 6.07) is 10.2. The van der Waals surface area contributed by atoms with Gasteiger partial charge in [-0.1, -0.05) is 70.7 Å². The summed E-state index contributed by atoms with van der Waals surface area (Å²) in [5, 5.41) is 24.1. The molecule has 0 radical (unpaired) electrons. The van der Waals surface area contributed by atoms with Crippen LogP contribution in [0, 0.1) is 12.3 Å².